The van der Waals surface area contributed by atoms with E-state index < -0.39 is 10.0 Å². The summed E-state index contributed by atoms with van der Waals surface area (Å²) in [5, 5.41) is 0. The third-order valence-corrected chi connectivity index (χ3v) is 3.90. The zero-order valence-electron chi connectivity index (χ0n) is 9.95. The summed E-state index contributed by atoms with van der Waals surface area (Å²) >= 11 is 0. The number of nitrogens with zero attached hydrogens (tertiary/aromatic N) is 1. The Morgan fingerprint density at radius 1 is 1.38 bits per heavy atom. The summed E-state index contributed by atoms with van der Waals surface area (Å²) in [6, 6.07) is 1.77. The van der Waals surface area contributed by atoms with Crippen LogP contribution in [0.5, 0.6) is 0 Å². The van der Waals surface area contributed by atoms with Gasteiger partial charge in [0.15, 0.2) is 0 Å². The number of pyridine rings is 1. The minimum absolute atomic E-state index is 0.272. The van der Waals surface area contributed by atoms with Crippen LogP contribution in [-0.4, -0.2) is 19.9 Å². The summed E-state index contributed by atoms with van der Waals surface area (Å²) in [5.74, 6) is 0. The van der Waals surface area contributed by atoms with Gasteiger partial charge in [0.2, 0.25) is 10.0 Å². The Morgan fingerprint density at radius 3 is 2.62 bits per heavy atom. The first-order valence-electron chi connectivity index (χ1n) is 5.40. The first-order chi connectivity index (χ1) is 7.47. The molecule has 0 aliphatic rings. The molecule has 0 atom stereocenters. The molecule has 90 valence electrons. The maximum absolute atomic E-state index is 11.9. The summed E-state index contributed by atoms with van der Waals surface area (Å²) in [7, 11) is -3.39. The molecule has 4 nitrogen and oxygen atoms in total. The number of unbranched alkanes of at least 4 members (excludes halogenated alkanes) is 1. The highest BCUT2D eigenvalue weighted by Crippen LogP contribution is 2.13. The molecule has 0 radical (unpaired) electrons. The van der Waals surface area contributed by atoms with Crippen molar-refractivity contribution >= 4 is 10.0 Å². The first-order valence-corrected chi connectivity index (χ1v) is 6.88. The third kappa shape index (κ3) is 3.28. The molecule has 0 aliphatic carbocycles. The Bertz CT molecular complexity index is 455. The van der Waals surface area contributed by atoms with Gasteiger partial charge in [0, 0.05) is 18.4 Å². The average molecular weight is 242 g/mol. The summed E-state index contributed by atoms with van der Waals surface area (Å²) in [5.41, 5.74) is 1.56. The van der Waals surface area contributed by atoms with Crippen molar-refractivity contribution in [3.8, 4) is 0 Å². The van der Waals surface area contributed by atoms with Crippen LogP contribution in [0.2, 0.25) is 0 Å². The van der Waals surface area contributed by atoms with Crippen LogP contribution < -0.4 is 4.72 Å². The highest BCUT2D eigenvalue weighted by molar-refractivity contribution is 7.89. The second-order valence-electron chi connectivity index (χ2n) is 3.84. The molecule has 5 heteroatoms. The Hall–Kier alpha value is -0.940. The third-order valence-electron chi connectivity index (χ3n) is 2.31. The minimum atomic E-state index is -3.39. The Labute approximate surface area is 97.2 Å². The van der Waals surface area contributed by atoms with Gasteiger partial charge in [-0.05, 0) is 31.9 Å². The van der Waals surface area contributed by atoms with Gasteiger partial charge in [-0.25, -0.2) is 13.1 Å². The van der Waals surface area contributed by atoms with Crippen LogP contribution in [0.4, 0.5) is 0 Å². The number of hydrogen-bond donors (Lipinski definition) is 1. The Morgan fingerprint density at radius 2 is 2.06 bits per heavy atom. The van der Waals surface area contributed by atoms with Crippen LogP contribution in [0.15, 0.2) is 17.2 Å². The molecule has 1 aromatic heterocycles. The van der Waals surface area contributed by atoms with Crippen molar-refractivity contribution in [3.63, 3.8) is 0 Å². The smallest absolute Gasteiger partial charge is 0.242 e. The summed E-state index contributed by atoms with van der Waals surface area (Å²) in [6.45, 7) is 6.12. The number of aryl methyl sites for hydroxylation is 2. The lowest BCUT2D eigenvalue weighted by Crippen LogP contribution is -2.25. The summed E-state index contributed by atoms with van der Waals surface area (Å²) in [4.78, 5) is 4.29. The van der Waals surface area contributed by atoms with Gasteiger partial charge in [-0.3, -0.25) is 4.98 Å². The molecular formula is C11H18N2O2S. The fraction of sp³-hybridized carbons (Fsp3) is 0.545. The molecule has 0 aliphatic heterocycles. The van der Waals surface area contributed by atoms with E-state index >= 15 is 0 Å². The molecule has 0 spiro atoms. The molecule has 1 rings (SSSR count). The van der Waals surface area contributed by atoms with Gasteiger partial charge in [-0.15, -0.1) is 0 Å². The van der Waals surface area contributed by atoms with Gasteiger partial charge in [0.1, 0.15) is 4.90 Å². The predicted octanol–water partition coefficient (Wildman–Crippen LogP) is 1.78. The minimum Gasteiger partial charge on any atom is -0.260 e. The number of nitrogens with one attached hydrogen (secondary N) is 1. The average Bonchev–Trinajstić information content (AvgIpc) is 2.17. The van der Waals surface area contributed by atoms with Gasteiger partial charge >= 0.3 is 0 Å². The molecular weight excluding hydrogens is 224 g/mol. The van der Waals surface area contributed by atoms with Crippen LogP contribution in [0.25, 0.3) is 0 Å². The van der Waals surface area contributed by atoms with E-state index in [-0.39, 0.29) is 4.90 Å². The van der Waals surface area contributed by atoms with Crippen molar-refractivity contribution in [3.05, 3.63) is 23.5 Å². The van der Waals surface area contributed by atoms with Crippen molar-refractivity contribution in [2.45, 2.75) is 38.5 Å². The Balaban J connectivity index is 2.90. The van der Waals surface area contributed by atoms with Crippen molar-refractivity contribution in [2.75, 3.05) is 6.54 Å². The number of aromatic nitrogens is 1. The fourth-order valence-corrected chi connectivity index (χ4v) is 2.67. The Kier molecular flexibility index (Phi) is 4.44. The lowest BCUT2D eigenvalue weighted by molar-refractivity contribution is 0.577. The van der Waals surface area contributed by atoms with Gasteiger partial charge in [-0.2, -0.15) is 0 Å². The summed E-state index contributed by atoms with van der Waals surface area (Å²) < 4.78 is 26.3. The molecule has 0 amide bonds. The zero-order valence-corrected chi connectivity index (χ0v) is 10.8. The van der Waals surface area contributed by atoms with E-state index in [1.165, 1.54) is 6.20 Å². The predicted molar refractivity (Wildman–Crippen MR) is 63.8 cm³/mol. The molecule has 16 heavy (non-hydrogen) atoms. The SMILES string of the molecule is CCCCNS(=O)(=O)c1cnc(C)cc1C. The van der Waals surface area contributed by atoms with Gasteiger partial charge in [0.25, 0.3) is 0 Å². The molecule has 0 fully saturated rings. The van der Waals surface area contributed by atoms with Crippen LogP contribution in [0.3, 0.4) is 0 Å². The molecule has 1 aromatic rings. The zero-order chi connectivity index (χ0) is 12.2. The second kappa shape index (κ2) is 5.41. The lowest BCUT2D eigenvalue weighted by atomic mass is 10.2. The van der Waals surface area contributed by atoms with E-state index in [1.807, 2.05) is 13.8 Å². The van der Waals surface area contributed by atoms with Gasteiger partial charge < -0.3 is 0 Å². The second-order valence-corrected chi connectivity index (χ2v) is 5.58. The van der Waals surface area contributed by atoms with Crippen LogP contribution in [-0.2, 0) is 10.0 Å². The van der Waals surface area contributed by atoms with Crippen molar-refractivity contribution in [1.82, 2.24) is 9.71 Å². The van der Waals surface area contributed by atoms with Crippen LogP contribution in [0.1, 0.15) is 31.0 Å². The van der Waals surface area contributed by atoms with E-state index in [4.69, 9.17) is 0 Å². The molecule has 0 saturated heterocycles. The first kappa shape index (κ1) is 13.1. The highest BCUT2D eigenvalue weighted by atomic mass is 32.2. The molecule has 1 N–H and O–H groups in total. The van der Waals surface area contributed by atoms with Crippen LogP contribution in [0, 0.1) is 13.8 Å². The van der Waals surface area contributed by atoms with Gasteiger partial charge in [-0.1, -0.05) is 13.3 Å². The van der Waals surface area contributed by atoms with E-state index in [1.54, 1.807) is 13.0 Å². The monoisotopic (exact) mass is 242 g/mol. The molecule has 0 bridgehead atoms. The van der Waals surface area contributed by atoms with Crippen molar-refractivity contribution < 1.29 is 8.42 Å². The quantitative estimate of drug-likeness (QED) is 0.801. The lowest BCUT2D eigenvalue weighted by Gasteiger charge is -2.08. The maximum atomic E-state index is 11.9. The van der Waals surface area contributed by atoms with E-state index in [0.29, 0.717) is 6.54 Å². The van der Waals surface area contributed by atoms with Crippen molar-refractivity contribution in [1.29, 1.82) is 0 Å². The number of sulfonamides is 1. The molecule has 0 unspecified atom stereocenters. The number of rotatable bonds is 5. The summed E-state index contributed by atoms with van der Waals surface area (Å²) in [6.07, 6.45) is 3.23. The normalized spacial score (nSPS) is 11.7. The molecule has 0 saturated carbocycles. The van der Waals surface area contributed by atoms with Crippen molar-refractivity contribution in [2.24, 2.45) is 0 Å². The van der Waals surface area contributed by atoms with E-state index in [9.17, 15) is 8.42 Å². The van der Waals surface area contributed by atoms with Crippen LogP contribution >= 0.6 is 0 Å². The van der Waals surface area contributed by atoms with E-state index in [2.05, 4.69) is 9.71 Å². The molecule has 0 aromatic carbocycles. The highest BCUT2D eigenvalue weighted by Gasteiger charge is 2.16. The maximum Gasteiger partial charge on any atom is 0.242 e. The topological polar surface area (TPSA) is 59.1 Å². The standard InChI is InChI=1S/C11H18N2O2S/c1-4-5-6-13-16(14,15)11-8-12-10(3)7-9(11)2/h7-8,13H,4-6H2,1-3H3. The van der Waals surface area contributed by atoms with Gasteiger partial charge in [0.05, 0.1) is 0 Å². The molecule has 1 heterocycles. The fourth-order valence-electron chi connectivity index (χ4n) is 1.43. The number of hydrogen-bond acceptors (Lipinski definition) is 3. The van der Waals surface area contributed by atoms with E-state index in [0.717, 1.165) is 24.1 Å². The largest absolute Gasteiger partial charge is 0.260 e.